The van der Waals surface area contributed by atoms with Gasteiger partial charge in [-0.05, 0) is 36.6 Å². The minimum atomic E-state index is -4.56. The van der Waals surface area contributed by atoms with E-state index in [4.69, 9.17) is 0 Å². The molecule has 1 heterocycles. The molecule has 0 saturated heterocycles. The highest BCUT2D eigenvalue weighted by Gasteiger charge is 2.35. The summed E-state index contributed by atoms with van der Waals surface area (Å²) in [4.78, 5) is 15.8. The van der Waals surface area contributed by atoms with Crippen molar-refractivity contribution in [3.05, 3.63) is 64.5 Å². The number of pyridine rings is 1. The van der Waals surface area contributed by atoms with Gasteiger partial charge in [0, 0.05) is 24.4 Å². The number of nitrogens with zero attached hydrogens (tertiary/aromatic N) is 1. The number of aromatic nitrogens is 1. The first-order chi connectivity index (χ1) is 9.79. The van der Waals surface area contributed by atoms with Crippen LogP contribution < -0.4 is 0 Å². The maximum Gasteiger partial charge on any atom is 0.417 e. The van der Waals surface area contributed by atoms with Gasteiger partial charge in [0.2, 0.25) is 0 Å². The van der Waals surface area contributed by atoms with Crippen molar-refractivity contribution in [1.29, 1.82) is 0 Å². The van der Waals surface area contributed by atoms with Crippen LogP contribution in [-0.2, 0) is 12.6 Å². The fourth-order valence-electron chi connectivity index (χ4n) is 2.06. The van der Waals surface area contributed by atoms with Crippen molar-refractivity contribution < 1.29 is 18.0 Å². The summed E-state index contributed by atoms with van der Waals surface area (Å²) < 4.78 is 38.7. The molecule has 2 aromatic rings. The van der Waals surface area contributed by atoms with Crippen molar-refractivity contribution in [2.45, 2.75) is 26.4 Å². The summed E-state index contributed by atoms with van der Waals surface area (Å²) in [5, 5.41) is 0. The molecule has 0 aliphatic rings. The maximum absolute atomic E-state index is 12.9. The zero-order valence-electron chi connectivity index (χ0n) is 11.7. The molecule has 0 bridgehead atoms. The molecular weight excluding hydrogens is 279 g/mol. The third-order valence-electron chi connectivity index (χ3n) is 3.36. The number of carbonyl (C=O) groups excluding carboxylic acids is 1. The summed E-state index contributed by atoms with van der Waals surface area (Å²) in [6.45, 7) is 3.83. The van der Waals surface area contributed by atoms with Crippen molar-refractivity contribution in [2.75, 3.05) is 0 Å². The molecule has 1 aromatic heterocycles. The molecule has 0 aliphatic heterocycles. The van der Waals surface area contributed by atoms with Gasteiger partial charge in [-0.25, -0.2) is 0 Å². The van der Waals surface area contributed by atoms with E-state index in [1.165, 1.54) is 0 Å². The predicted molar refractivity (Wildman–Crippen MR) is 73.2 cm³/mol. The molecule has 0 spiro atoms. The average molecular weight is 293 g/mol. The summed E-state index contributed by atoms with van der Waals surface area (Å²) in [6, 6.07) is 6.25. The lowest BCUT2D eigenvalue weighted by Crippen LogP contribution is -2.15. The number of hydrogen-bond acceptors (Lipinski definition) is 2. The highest BCUT2D eigenvalue weighted by atomic mass is 19.4. The summed E-state index contributed by atoms with van der Waals surface area (Å²) in [6.07, 6.45) is -2.62. The Morgan fingerprint density at radius 3 is 2.48 bits per heavy atom. The van der Waals surface area contributed by atoms with Gasteiger partial charge in [-0.1, -0.05) is 18.2 Å². The molecule has 110 valence electrons. The van der Waals surface area contributed by atoms with Crippen LogP contribution in [0.1, 0.15) is 32.6 Å². The van der Waals surface area contributed by atoms with Gasteiger partial charge in [-0.2, -0.15) is 13.2 Å². The number of hydrogen-bond donors (Lipinski definition) is 0. The Bertz CT molecular complexity index is 677. The Morgan fingerprint density at radius 1 is 1.14 bits per heavy atom. The molecule has 0 fully saturated rings. The molecule has 0 N–H and O–H groups in total. The van der Waals surface area contributed by atoms with Crippen molar-refractivity contribution >= 4 is 5.78 Å². The lowest BCUT2D eigenvalue weighted by atomic mass is 9.98. The van der Waals surface area contributed by atoms with E-state index in [-0.39, 0.29) is 12.0 Å². The number of ketones is 1. The van der Waals surface area contributed by atoms with Crippen LogP contribution in [0.2, 0.25) is 0 Å². The highest BCUT2D eigenvalue weighted by Crippen LogP contribution is 2.32. The van der Waals surface area contributed by atoms with E-state index in [0.717, 1.165) is 29.6 Å². The Morgan fingerprint density at radius 2 is 1.86 bits per heavy atom. The molecule has 2 rings (SSSR count). The van der Waals surface area contributed by atoms with Crippen LogP contribution in [0.15, 0.2) is 36.7 Å². The predicted octanol–water partition coefficient (Wildman–Crippen LogP) is 4.14. The lowest BCUT2D eigenvalue weighted by Gasteiger charge is -2.11. The second kappa shape index (κ2) is 5.68. The summed E-state index contributed by atoms with van der Waals surface area (Å²) in [5.41, 5.74) is 1.45. The number of halogens is 3. The van der Waals surface area contributed by atoms with E-state index in [9.17, 15) is 18.0 Å². The zero-order valence-corrected chi connectivity index (χ0v) is 11.7. The highest BCUT2D eigenvalue weighted by molar-refractivity contribution is 5.98. The fraction of sp³-hybridized carbons (Fsp3) is 0.250. The molecule has 21 heavy (non-hydrogen) atoms. The number of alkyl halides is 3. The van der Waals surface area contributed by atoms with Crippen LogP contribution in [0.25, 0.3) is 0 Å². The van der Waals surface area contributed by atoms with Crippen molar-refractivity contribution in [3.8, 4) is 0 Å². The second-order valence-electron chi connectivity index (χ2n) is 4.94. The van der Waals surface area contributed by atoms with Gasteiger partial charge < -0.3 is 0 Å². The van der Waals surface area contributed by atoms with E-state index in [1.807, 2.05) is 26.0 Å². The van der Waals surface area contributed by atoms with Gasteiger partial charge >= 0.3 is 6.18 Å². The largest absolute Gasteiger partial charge is 0.417 e. The Labute approximate surface area is 120 Å². The van der Waals surface area contributed by atoms with Gasteiger partial charge in [-0.3, -0.25) is 9.78 Å². The standard InChI is InChI=1S/C16H14F3NO/c1-10-3-4-12(7-11(10)2)8-15(21)13-9-20-6-5-14(13)16(17,18)19/h3-7,9H,8H2,1-2H3. The van der Waals surface area contributed by atoms with E-state index in [2.05, 4.69) is 4.98 Å². The van der Waals surface area contributed by atoms with Gasteiger partial charge in [0.15, 0.2) is 5.78 Å². The van der Waals surface area contributed by atoms with E-state index in [1.54, 1.807) is 6.07 Å². The quantitative estimate of drug-likeness (QED) is 0.796. The SMILES string of the molecule is Cc1ccc(CC(=O)c2cnccc2C(F)(F)F)cc1C. The number of benzene rings is 1. The first kappa shape index (κ1) is 15.2. The van der Waals surface area contributed by atoms with Crippen LogP contribution in [0, 0.1) is 13.8 Å². The first-order valence-electron chi connectivity index (χ1n) is 6.39. The van der Waals surface area contributed by atoms with Gasteiger partial charge in [0.05, 0.1) is 5.56 Å². The van der Waals surface area contributed by atoms with Crippen LogP contribution in [0.4, 0.5) is 13.2 Å². The number of carbonyl (C=O) groups is 1. The monoisotopic (exact) mass is 293 g/mol. The van der Waals surface area contributed by atoms with E-state index >= 15 is 0 Å². The maximum atomic E-state index is 12.9. The summed E-state index contributed by atoms with van der Waals surface area (Å²) >= 11 is 0. The van der Waals surface area contributed by atoms with Crippen molar-refractivity contribution in [3.63, 3.8) is 0 Å². The molecule has 0 aliphatic carbocycles. The van der Waals surface area contributed by atoms with E-state index in [0.29, 0.717) is 5.56 Å². The summed E-state index contributed by atoms with van der Waals surface area (Å²) in [5.74, 6) is -0.585. The lowest BCUT2D eigenvalue weighted by molar-refractivity contribution is -0.138. The average Bonchev–Trinajstić information content (AvgIpc) is 2.42. The van der Waals surface area contributed by atoms with Gasteiger partial charge in [0.1, 0.15) is 0 Å². The molecule has 0 unspecified atom stereocenters. The smallest absolute Gasteiger partial charge is 0.294 e. The minimum Gasteiger partial charge on any atom is -0.294 e. The Balaban J connectivity index is 2.31. The van der Waals surface area contributed by atoms with Crippen molar-refractivity contribution in [2.24, 2.45) is 0 Å². The van der Waals surface area contributed by atoms with Crippen LogP contribution in [0.5, 0.6) is 0 Å². The van der Waals surface area contributed by atoms with E-state index < -0.39 is 17.5 Å². The van der Waals surface area contributed by atoms with Crippen LogP contribution in [-0.4, -0.2) is 10.8 Å². The topological polar surface area (TPSA) is 30.0 Å². The van der Waals surface area contributed by atoms with Crippen molar-refractivity contribution in [1.82, 2.24) is 4.98 Å². The molecular formula is C16H14F3NO. The molecule has 0 radical (unpaired) electrons. The fourth-order valence-corrected chi connectivity index (χ4v) is 2.06. The second-order valence-corrected chi connectivity index (χ2v) is 4.94. The normalized spacial score (nSPS) is 11.5. The Hall–Kier alpha value is -2.17. The van der Waals surface area contributed by atoms with Gasteiger partial charge in [-0.15, -0.1) is 0 Å². The van der Waals surface area contributed by atoms with Crippen LogP contribution in [0.3, 0.4) is 0 Å². The number of aryl methyl sites for hydroxylation is 2. The molecule has 0 amide bonds. The molecule has 0 saturated carbocycles. The minimum absolute atomic E-state index is 0.0735. The third kappa shape index (κ3) is 3.48. The Kier molecular flexibility index (Phi) is 4.11. The first-order valence-corrected chi connectivity index (χ1v) is 6.39. The molecule has 5 heteroatoms. The van der Waals surface area contributed by atoms with Crippen LogP contribution >= 0.6 is 0 Å². The number of Topliss-reactive ketones (excluding diaryl/α,β-unsaturated/α-hetero) is 1. The third-order valence-corrected chi connectivity index (χ3v) is 3.36. The number of rotatable bonds is 3. The molecule has 1 aromatic carbocycles. The zero-order chi connectivity index (χ0) is 15.6. The summed E-state index contributed by atoms with van der Waals surface area (Å²) in [7, 11) is 0. The molecule has 2 nitrogen and oxygen atoms in total. The van der Waals surface area contributed by atoms with Gasteiger partial charge in [0.25, 0.3) is 0 Å². The molecule has 0 atom stereocenters.